The maximum absolute atomic E-state index is 12.5. The smallest absolute Gasteiger partial charge is 0.259 e. The molecule has 6 nitrogen and oxygen atoms in total. The van der Waals surface area contributed by atoms with Crippen molar-refractivity contribution in [2.24, 2.45) is 0 Å². The number of carbonyl (C=O) groups excluding carboxylic acids is 1. The van der Waals surface area contributed by atoms with Crippen LogP contribution in [0.15, 0.2) is 66.7 Å². The van der Waals surface area contributed by atoms with Crippen LogP contribution >= 0.6 is 0 Å². The van der Waals surface area contributed by atoms with Crippen LogP contribution in [0.5, 0.6) is 17.2 Å². The Kier molecular flexibility index (Phi) is 5.01. The van der Waals surface area contributed by atoms with Gasteiger partial charge in [0.05, 0.1) is 12.7 Å². The lowest BCUT2D eigenvalue weighted by Gasteiger charge is -2.19. The highest BCUT2D eigenvalue weighted by Crippen LogP contribution is 2.33. The zero-order chi connectivity index (χ0) is 19.3. The van der Waals surface area contributed by atoms with Gasteiger partial charge in [-0.1, -0.05) is 12.1 Å². The number of ether oxygens (including phenoxy) is 3. The van der Waals surface area contributed by atoms with Crippen molar-refractivity contribution < 1.29 is 19.0 Å². The number of hydrogen-bond donors (Lipinski definition) is 2. The predicted octanol–water partition coefficient (Wildman–Crippen LogP) is 4.46. The lowest BCUT2D eigenvalue weighted by Crippen LogP contribution is -2.15. The molecule has 1 aliphatic rings. The number of benzene rings is 3. The molecule has 3 aromatic rings. The van der Waals surface area contributed by atoms with Gasteiger partial charge in [-0.05, 0) is 48.5 Å². The van der Waals surface area contributed by atoms with E-state index in [9.17, 15) is 4.79 Å². The molecule has 0 radical (unpaired) electrons. The normalized spacial score (nSPS) is 12.2. The third-order valence-corrected chi connectivity index (χ3v) is 4.33. The van der Waals surface area contributed by atoms with Crippen molar-refractivity contribution in [3.05, 3.63) is 72.3 Å². The van der Waals surface area contributed by atoms with Crippen LogP contribution in [-0.2, 0) is 0 Å². The van der Waals surface area contributed by atoms with Crippen LogP contribution in [0.25, 0.3) is 0 Å². The monoisotopic (exact) mass is 376 g/mol. The molecule has 0 atom stereocenters. The van der Waals surface area contributed by atoms with Crippen LogP contribution in [0.4, 0.5) is 17.1 Å². The summed E-state index contributed by atoms with van der Waals surface area (Å²) in [4.78, 5) is 12.5. The molecule has 1 aliphatic heterocycles. The minimum atomic E-state index is -0.218. The van der Waals surface area contributed by atoms with Gasteiger partial charge in [-0.25, -0.2) is 0 Å². The van der Waals surface area contributed by atoms with Crippen LogP contribution < -0.4 is 24.8 Å². The quantitative estimate of drug-likeness (QED) is 0.688. The lowest BCUT2D eigenvalue weighted by atomic mass is 10.2. The number of carbonyl (C=O) groups is 1. The summed E-state index contributed by atoms with van der Waals surface area (Å²) in [7, 11) is 1.55. The molecule has 0 saturated heterocycles. The number of hydrogen-bond acceptors (Lipinski definition) is 5. The highest BCUT2D eigenvalue weighted by Gasteiger charge is 2.13. The highest BCUT2D eigenvalue weighted by atomic mass is 16.6. The molecule has 3 aromatic carbocycles. The molecule has 6 heteroatoms. The fraction of sp³-hybridized carbons (Fsp3) is 0.136. The molecule has 0 unspecified atom stereocenters. The van der Waals surface area contributed by atoms with Gasteiger partial charge in [0.25, 0.3) is 5.91 Å². The van der Waals surface area contributed by atoms with Gasteiger partial charge < -0.3 is 24.8 Å². The first-order valence-corrected chi connectivity index (χ1v) is 8.94. The Morgan fingerprint density at radius 2 is 1.54 bits per heavy atom. The average Bonchev–Trinajstić information content (AvgIpc) is 2.75. The SMILES string of the molecule is COc1ccccc1C(=O)Nc1ccc(Nc2ccc3c(c2)OCCO3)cc1. The Balaban J connectivity index is 1.43. The van der Waals surface area contributed by atoms with Crippen molar-refractivity contribution in [2.45, 2.75) is 0 Å². The summed E-state index contributed by atoms with van der Waals surface area (Å²) < 4.78 is 16.4. The van der Waals surface area contributed by atoms with Crippen molar-refractivity contribution >= 4 is 23.0 Å². The van der Waals surface area contributed by atoms with Crippen molar-refractivity contribution in [1.82, 2.24) is 0 Å². The second-order valence-electron chi connectivity index (χ2n) is 6.22. The van der Waals surface area contributed by atoms with Crippen molar-refractivity contribution in [3.8, 4) is 17.2 Å². The largest absolute Gasteiger partial charge is 0.496 e. The molecule has 0 aliphatic carbocycles. The average molecular weight is 376 g/mol. The molecule has 4 rings (SSSR count). The molecule has 1 heterocycles. The molecule has 0 bridgehead atoms. The second kappa shape index (κ2) is 7.92. The van der Waals surface area contributed by atoms with Gasteiger partial charge in [-0.15, -0.1) is 0 Å². The Morgan fingerprint density at radius 1 is 0.857 bits per heavy atom. The number of fused-ring (bicyclic) bond motifs is 1. The van der Waals surface area contributed by atoms with Crippen LogP contribution in [-0.4, -0.2) is 26.2 Å². The molecule has 1 amide bonds. The summed E-state index contributed by atoms with van der Waals surface area (Å²) in [6.45, 7) is 1.12. The van der Waals surface area contributed by atoms with Crippen LogP contribution in [0.2, 0.25) is 0 Å². The lowest BCUT2D eigenvalue weighted by molar-refractivity contribution is 0.102. The number of rotatable bonds is 5. The van der Waals surface area contributed by atoms with E-state index < -0.39 is 0 Å². The number of para-hydroxylation sites is 1. The zero-order valence-electron chi connectivity index (χ0n) is 15.4. The predicted molar refractivity (Wildman–Crippen MR) is 108 cm³/mol. The standard InChI is InChI=1S/C22H20N2O4/c1-26-19-5-3-2-4-18(19)22(25)24-16-8-6-15(7-9-16)23-17-10-11-20-21(14-17)28-13-12-27-20/h2-11,14,23H,12-13H2,1H3,(H,24,25). The van der Waals surface area contributed by atoms with Crippen molar-refractivity contribution in [1.29, 1.82) is 0 Å². The minimum absolute atomic E-state index is 0.218. The van der Waals surface area contributed by atoms with E-state index in [4.69, 9.17) is 14.2 Å². The van der Waals surface area contributed by atoms with E-state index in [2.05, 4.69) is 10.6 Å². The Labute approximate surface area is 163 Å². The molecule has 0 saturated carbocycles. The van der Waals surface area contributed by atoms with Gasteiger partial charge in [0.1, 0.15) is 19.0 Å². The molecule has 142 valence electrons. The van der Waals surface area contributed by atoms with Gasteiger partial charge in [0.2, 0.25) is 0 Å². The van der Waals surface area contributed by atoms with Gasteiger partial charge >= 0.3 is 0 Å². The van der Waals surface area contributed by atoms with E-state index in [0.29, 0.717) is 30.2 Å². The molecule has 0 fully saturated rings. The first-order chi connectivity index (χ1) is 13.7. The van der Waals surface area contributed by atoms with E-state index >= 15 is 0 Å². The van der Waals surface area contributed by atoms with Gasteiger partial charge in [0, 0.05) is 23.1 Å². The molecular weight excluding hydrogens is 356 g/mol. The van der Waals surface area contributed by atoms with Gasteiger partial charge in [0.15, 0.2) is 11.5 Å². The van der Waals surface area contributed by atoms with Crippen LogP contribution in [0, 0.1) is 0 Å². The first kappa shape index (κ1) is 17.7. The zero-order valence-corrected chi connectivity index (χ0v) is 15.4. The molecule has 28 heavy (non-hydrogen) atoms. The van der Waals surface area contributed by atoms with Crippen molar-refractivity contribution in [2.75, 3.05) is 31.0 Å². The summed E-state index contributed by atoms with van der Waals surface area (Å²) in [5.74, 6) is 1.81. The van der Waals surface area contributed by atoms with E-state index in [1.807, 2.05) is 48.5 Å². The van der Waals surface area contributed by atoms with E-state index in [1.165, 1.54) is 0 Å². The third kappa shape index (κ3) is 3.86. The van der Waals surface area contributed by atoms with Crippen LogP contribution in [0.1, 0.15) is 10.4 Å². The second-order valence-corrected chi connectivity index (χ2v) is 6.22. The number of amides is 1. The summed E-state index contributed by atoms with van der Waals surface area (Å²) >= 11 is 0. The number of methoxy groups -OCH3 is 1. The fourth-order valence-corrected chi connectivity index (χ4v) is 2.96. The summed E-state index contributed by atoms with van der Waals surface area (Å²) in [5.41, 5.74) is 2.98. The Bertz CT molecular complexity index is 986. The number of anilines is 3. The van der Waals surface area contributed by atoms with Crippen LogP contribution in [0.3, 0.4) is 0 Å². The molecule has 0 spiro atoms. The summed E-state index contributed by atoms with van der Waals surface area (Å²) in [6, 6.07) is 20.3. The Hall–Kier alpha value is -3.67. The maximum Gasteiger partial charge on any atom is 0.259 e. The third-order valence-electron chi connectivity index (χ3n) is 4.33. The fourth-order valence-electron chi connectivity index (χ4n) is 2.96. The molecular formula is C22H20N2O4. The topological polar surface area (TPSA) is 68.8 Å². The number of nitrogens with one attached hydrogen (secondary N) is 2. The van der Waals surface area contributed by atoms with Crippen molar-refractivity contribution in [3.63, 3.8) is 0 Å². The van der Waals surface area contributed by atoms with Gasteiger partial charge in [-0.2, -0.15) is 0 Å². The van der Waals surface area contributed by atoms with E-state index in [-0.39, 0.29) is 5.91 Å². The molecule has 2 N–H and O–H groups in total. The molecule has 0 aromatic heterocycles. The minimum Gasteiger partial charge on any atom is -0.496 e. The summed E-state index contributed by atoms with van der Waals surface area (Å²) in [6.07, 6.45) is 0. The maximum atomic E-state index is 12.5. The van der Waals surface area contributed by atoms with Gasteiger partial charge in [-0.3, -0.25) is 4.79 Å². The van der Waals surface area contributed by atoms with E-state index in [0.717, 1.165) is 22.9 Å². The first-order valence-electron chi connectivity index (χ1n) is 8.94. The highest BCUT2D eigenvalue weighted by molar-refractivity contribution is 6.06. The summed E-state index contributed by atoms with van der Waals surface area (Å²) in [5, 5.41) is 6.20. The Morgan fingerprint density at radius 3 is 2.32 bits per heavy atom. The van der Waals surface area contributed by atoms with E-state index in [1.54, 1.807) is 25.3 Å².